The highest BCUT2D eigenvalue weighted by Crippen LogP contribution is 2.44. The van der Waals surface area contributed by atoms with Gasteiger partial charge in [-0.05, 0) is 80.7 Å². The molecule has 0 radical (unpaired) electrons. The van der Waals surface area contributed by atoms with Crippen molar-refractivity contribution in [1.29, 1.82) is 0 Å². The molecule has 5 rings (SSSR count). The lowest BCUT2D eigenvalue weighted by Crippen LogP contribution is -2.47. The van der Waals surface area contributed by atoms with Crippen molar-refractivity contribution < 1.29 is 14.7 Å². The average molecular weight is 497 g/mol. The second kappa shape index (κ2) is 9.78. The van der Waals surface area contributed by atoms with Gasteiger partial charge in [0.25, 0.3) is 0 Å². The molecule has 1 saturated carbocycles. The summed E-state index contributed by atoms with van der Waals surface area (Å²) in [7, 11) is 0. The van der Waals surface area contributed by atoms with Gasteiger partial charge < -0.3 is 20.6 Å². The van der Waals surface area contributed by atoms with E-state index in [1.807, 2.05) is 24.4 Å². The van der Waals surface area contributed by atoms with Crippen LogP contribution in [0.25, 0.3) is 0 Å². The van der Waals surface area contributed by atoms with Crippen molar-refractivity contribution in [3.05, 3.63) is 58.2 Å². The molecule has 2 amide bonds. The first-order valence-corrected chi connectivity index (χ1v) is 13.0. The molecule has 0 atom stereocenters. The Morgan fingerprint density at radius 2 is 1.80 bits per heavy atom. The van der Waals surface area contributed by atoms with E-state index in [1.54, 1.807) is 12.1 Å². The van der Waals surface area contributed by atoms with Crippen molar-refractivity contribution in [1.82, 2.24) is 9.88 Å². The highest BCUT2D eigenvalue weighted by atomic mass is 35.5. The molecule has 1 aromatic heterocycles. The van der Waals surface area contributed by atoms with Crippen LogP contribution in [0.3, 0.4) is 0 Å². The second-order valence-electron chi connectivity index (χ2n) is 10.4. The van der Waals surface area contributed by atoms with E-state index >= 15 is 0 Å². The third-order valence-corrected chi connectivity index (χ3v) is 8.45. The number of pyridine rings is 1. The highest BCUT2D eigenvalue weighted by molar-refractivity contribution is 6.33. The minimum Gasteiger partial charge on any atom is -0.393 e. The number of nitrogens with zero attached hydrogens (tertiary/aromatic N) is 3. The van der Waals surface area contributed by atoms with Crippen LogP contribution in [-0.4, -0.2) is 58.6 Å². The summed E-state index contributed by atoms with van der Waals surface area (Å²) in [6.07, 6.45) is 8.21. The summed E-state index contributed by atoms with van der Waals surface area (Å²) in [5, 5.41) is 10.4. The first kappa shape index (κ1) is 24.1. The molecule has 186 valence electrons. The van der Waals surface area contributed by atoms with E-state index in [4.69, 9.17) is 17.3 Å². The number of carbonyl (C=O) groups excluding carboxylic acids is 2. The minimum atomic E-state index is -0.442. The van der Waals surface area contributed by atoms with Crippen LogP contribution in [0.15, 0.2) is 36.5 Å². The fourth-order valence-electron chi connectivity index (χ4n) is 6.05. The van der Waals surface area contributed by atoms with Crippen LogP contribution in [0.4, 0.5) is 5.82 Å². The molecular weight excluding hydrogens is 464 g/mol. The highest BCUT2D eigenvalue weighted by Gasteiger charge is 2.50. The van der Waals surface area contributed by atoms with Gasteiger partial charge in [-0.15, -0.1) is 0 Å². The Kier molecular flexibility index (Phi) is 6.73. The molecule has 0 unspecified atom stereocenters. The third kappa shape index (κ3) is 4.89. The number of halogens is 1. The summed E-state index contributed by atoms with van der Waals surface area (Å²) >= 11 is 6.65. The summed E-state index contributed by atoms with van der Waals surface area (Å²) in [4.78, 5) is 33.9. The normalized spacial score (nSPS) is 24.2. The molecule has 7 nitrogen and oxygen atoms in total. The number of likely N-dealkylation sites (tertiary alicyclic amines) is 1. The predicted octanol–water partition coefficient (Wildman–Crippen LogP) is 3.55. The Hall–Kier alpha value is -2.64. The maximum atomic E-state index is 13.4. The smallest absolute Gasteiger partial charge is 0.248 e. The Morgan fingerprint density at radius 1 is 1.09 bits per heavy atom. The fourth-order valence-corrected chi connectivity index (χ4v) is 6.35. The molecule has 3 aliphatic rings. The number of piperidine rings is 1. The van der Waals surface area contributed by atoms with E-state index in [-0.39, 0.29) is 17.6 Å². The lowest BCUT2D eigenvalue weighted by molar-refractivity contribution is -0.139. The van der Waals surface area contributed by atoms with E-state index < -0.39 is 5.91 Å². The van der Waals surface area contributed by atoms with Crippen molar-refractivity contribution in [2.45, 2.75) is 63.5 Å². The molecule has 8 heteroatoms. The van der Waals surface area contributed by atoms with E-state index in [0.29, 0.717) is 22.9 Å². The number of benzene rings is 1. The monoisotopic (exact) mass is 496 g/mol. The van der Waals surface area contributed by atoms with Gasteiger partial charge in [0, 0.05) is 37.4 Å². The molecule has 1 aromatic carbocycles. The fraction of sp³-hybridized carbons (Fsp3) is 0.519. The van der Waals surface area contributed by atoms with Gasteiger partial charge in [-0.25, -0.2) is 4.98 Å². The van der Waals surface area contributed by atoms with Crippen molar-refractivity contribution in [3.63, 3.8) is 0 Å². The number of aliphatic hydroxyl groups is 1. The summed E-state index contributed by atoms with van der Waals surface area (Å²) < 4.78 is 0. The lowest BCUT2D eigenvalue weighted by Gasteiger charge is -2.40. The molecule has 35 heavy (non-hydrogen) atoms. The zero-order valence-electron chi connectivity index (χ0n) is 20.0. The molecule has 2 aliphatic heterocycles. The number of carbonyl (C=O) groups is 2. The van der Waals surface area contributed by atoms with Crippen LogP contribution >= 0.6 is 11.6 Å². The summed E-state index contributed by atoms with van der Waals surface area (Å²) in [6, 6.07) is 9.50. The van der Waals surface area contributed by atoms with Gasteiger partial charge in [-0.3, -0.25) is 9.59 Å². The second-order valence-corrected chi connectivity index (χ2v) is 10.8. The number of hydrogen-bond acceptors (Lipinski definition) is 5. The van der Waals surface area contributed by atoms with E-state index in [9.17, 15) is 14.7 Å². The van der Waals surface area contributed by atoms with Crippen molar-refractivity contribution in [2.24, 2.45) is 11.1 Å². The van der Waals surface area contributed by atoms with Gasteiger partial charge in [0.15, 0.2) is 0 Å². The zero-order valence-corrected chi connectivity index (χ0v) is 20.7. The number of nitrogens with two attached hydrogens (primary N) is 1. The summed E-state index contributed by atoms with van der Waals surface area (Å²) in [6.45, 7) is 2.36. The largest absolute Gasteiger partial charge is 0.393 e. The van der Waals surface area contributed by atoms with Crippen LogP contribution in [-0.2, 0) is 11.2 Å². The quantitative estimate of drug-likeness (QED) is 0.659. The zero-order chi connectivity index (χ0) is 24.6. The van der Waals surface area contributed by atoms with Crippen LogP contribution in [0.5, 0.6) is 0 Å². The van der Waals surface area contributed by atoms with Gasteiger partial charge in [-0.1, -0.05) is 23.7 Å². The molecule has 3 heterocycles. The predicted molar refractivity (Wildman–Crippen MR) is 135 cm³/mol. The number of primary amides is 1. The van der Waals surface area contributed by atoms with Gasteiger partial charge in [-0.2, -0.15) is 0 Å². The van der Waals surface area contributed by atoms with Crippen molar-refractivity contribution in [3.8, 4) is 0 Å². The maximum absolute atomic E-state index is 13.4. The van der Waals surface area contributed by atoms with Gasteiger partial charge in [0.2, 0.25) is 11.8 Å². The van der Waals surface area contributed by atoms with Gasteiger partial charge >= 0.3 is 0 Å². The van der Waals surface area contributed by atoms with Gasteiger partial charge in [0.05, 0.1) is 16.5 Å². The molecule has 3 fully saturated rings. The number of rotatable bonds is 5. The van der Waals surface area contributed by atoms with E-state index in [2.05, 4.69) is 14.8 Å². The Morgan fingerprint density at radius 3 is 2.49 bits per heavy atom. The van der Waals surface area contributed by atoms with Gasteiger partial charge in [0.1, 0.15) is 5.82 Å². The van der Waals surface area contributed by atoms with Crippen molar-refractivity contribution >= 4 is 29.2 Å². The van der Waals surface area contributed by atoms with Crippen LogP contribution in [0.1, 0.15) is 66.4 Å². The topological polar surface area (TPSA) is 99.8 Å². The van der Waals surface area contributed by atoms with Crippen LogP contribution < -0.4 is 10.6 Å². The molecule has 0 bridgehead atoms. The average Bonchev–Trinajstić information content (AvgIpc) is 3.16. The molecule has 1 spiro atoms. The SMILES string of the molecule is NC(=O)c1cccc(Cc2cnc(N3CCC4(CC3)CCN(C3CCC(O)CC3)C4=O)c(Cl)c2)c1. The molecule has 3 N–H and O–H groups in total. The maximum Gasteiger partial charge on any atom is 0.248 e. The Bertz CT molecular complexity index is 1110. The van der Waals surface area contributed by atoms with Crippen LogP contribution in [0, 0.1) is 5.41 Å². The Balaban J connectivity index is 1.21. The molecular formula is C27H33ClN4O3. The first-order valence-electron chi connectivity index (χ1n) is 12.6. The Labute approximate surface area is 211 Å². The molecule has 1 aliphatic carbocycles. The summed E-state index contributed by atoms with van der Waals surface area (Å²) in [5.74, 6) is 0.633. The first-order chi connectivity index (χ1) is 16.8. The number of aromatic nitrogens is 1. The number of hydrogen-bond donors (Lipinski definition) is 2. The van der Waals surface area contributed by atoms with E-state index in [0.717, 1.165) is 81.5 Å². The standard InChI is InChI=1S/C27H33ClN4O3/c28-23-16-19(14-18-2-1-3-20(15-18)24(29)34)17-30-25(23)31-11-8-27(9-12-31)10-13-32(26(27)35)21-4-6-22(33)7-5-21/h1-3,15-17,21-22,33H,4-14H2,(H2,29,34). The number of amides is 2. The number of aliphatic hydroxyl groups excluding tert-OH is 1. The minimum absolute atomic E-state index is 0.204. The van der Waals surface area contributed by atoms with Crippen molar-refractivity contribution in [2.75, 3.05) is 24.5 Å². The third-order valence-electron chi connectivity index (χ3n) is 8.17. The van der Waals surface area contributed by atoms with Crippen LogP contribution in [0.2, 0.25) is 5.02 Å². The van der Waals surface area contributed by atoms with E-state index in [1.165, 1.54) is 0 Å². The molecule has 2 aromatic rings. The lowest BCUT2D eigenvalue weighted by atomic mass is 9.77. The summed E-state index contributed by atoms with van der Waals surface area (Å²) in [5.41, 5.74) is 7.56. The number of anilines is 1. The molecule has 2 saturated heterocycles.